The number of rotatable bonds is 2. The fraction of sp³-hybridized carbons (Fsp3) is 0.571. The van der Waals surface area contributed by atoms with E-state index in [0.717, 1.165) is 36.5 Å². The second kappa shape index (κ2) is 5.99. The topological polar surface area (TPSA) is 97.4 Å². The first-order chi connectivity index (χ1) is 11.0. The molecule has 9 heteroatoms. The maximum Gasteiger partial charge on any atom is 0.333 e. The Balaban J connectivity index is 1.72. The molecule has 0 aromatic rings. The van der Waals surface area contributed by atoms with Gasteiger partial charge >= 0.3 is 6.03 Å². The minimum absolute atomic E-state index is 0.0315. The number of hydrogen-bond acceptors (Lipinski definition) is 5. The van der Waals surface area contributed by atoms with Crippen LogP contribution in [0.5, 0.6) is 0 Å². The number of nitrogens with one attached hydrogen (secondary N) is 1. The van der Waals surface area contributed by atoms with Gasteiger partial charge < -0.3 is 5.32 Å². The molecule has 1 N–H and O–H groups in total. The van der Waals surface area contributed by atoms with Gasteiger partial charge in [-0.2, -0.15) is 0 Å². The van der Waals surface area contributed by atoms with Crippen LogP contribution in [-0.4, -0.2) is 89.9 Å². The van der Waals surface area contributed by atoms with Gasteiger partial charge in [-0.3, -0.25) is 19.4 Å². The van der Waals surface area contributed by atoms with Crippen molar-refractivity contribution in [3.63, 3.8) is 0 Å². The summed E-state index contributed by atoms with van der Waals surface area (Å²) >= 11 is 0. The van der Waals surface area contributed by atoms with Gasteiger partial charge in [-0.25, -0.2) is 14.4 Å². The van der Waals surface area contributed by atoms with Crippen molar-refractivity contribution in [2.45, 2.75) is 18.9 Å². The Morgan fingerprint density at radius 3 is 2.74 bits per heavy atom. The van der Waals surface area contributed by atoms with Crippen LogP contribution in [0.1, 0.15) is 12.8 Å². The molecule has 0 aromatic heterocycles. The van der Waals surface area contributed by atoms with Gasteiger partial charge in [0.15, 0.2) is 6.54 Å². The molecule has 9 nitrogen and oxygen atoms in total. The molecule has 0 aliphatic carbocycles. The van der Waals surface area contributed by atoms with Gasteiger partial charge in [0.05, 0.1) is 0 Å². The summed E-state index contributed by atoms with van der Waals surface area (Å²) in [5.41, 5.74) is 0.883. The van der Waals surface area contributed by atoms with Crippen molar-refractivity contribution in [2.75, 3.05) is 33.7 Å². The largest absolute Gasteiger partial charge is 0.333 e. The average molecular weight is 319 g/mol. The van der Waals surface area contributed by atoms with Crippen LogP contribution in [0.15, 0.2) is 9.98 Å². The summed E-state index contributed by atoms with van der Waals surface area (Å²) in [6.45, 7) is 1.62. The second-order valence-corrected chi connectivity index (χ2v) is 5.74. The molecule has 1 unspecified atom stereocenters. The van der Waals surface area contributed by atoms with Crippen molar-refractivity contribution in [2.24, 2.45) is 9.98 Å². The van der Waals surface area contributed by atoms with E-state index in [2.05, 4.69) is 15.3 Å². The molecule has 3 aliphatic heterocycles. The van der Waals surface area contributed by atoms with E-state index in [1.807, 2.05) is 0 Å². The predicted molar refractivity (Wildman–Crippen MR) is 82.9 cm³/mol. The van der Waals surface area contributed by atoms with Crippen molar-refractivity contribution < 1.29 is 19.0 Å². The summed E-state index contributed by atoms with van der Waals surface area (Å²) in [6.07, 6.45) is 2.96. The highest BCUT2D eigenvalue weighted by Gasteiger charge is 2.50. The fourth-order valence-electron chi connectivity index (χ4n) is 2.87. The Bertz CT molecular complexity index is 657. The quantitative estimate of drug-likeness (QED) is 0.639. The van der Waals surface area contributed by atoms with E-state index in [-0.39, 0.29) is 18.4 Å². The monoisotopic (exact) mass is 319 g/mol. The summed E-state index contributed by atoms with van der Waals surface area (Å²) in [6, 6.07) is -1.17. The molecule has 3 aliphatic rings. The lowest BCUT2D eigenvalue weighted by molar-refractivity contribution is -0.519. The number of amidine groups is 1. The molecule has 2 fully saturated rings. The Labute approximate surface area is 133 Å². The average Bonchev–Trinajstić information content (AvgIpc) is 2.95. The molecule has 0 saturated carbocycles. The summed E-state index contributed by atoms with van der Waals surface area (Å²) in [4.78, 5) is 47.0. The number of urea groups is 1. The minimum Gasteiger partial charge on any atom is -0.316 e. The molecule has 3 rings (SSSR count). The number of piperidine rings is 1. The first-order valence-electron chi connectivity index (χ1n) is 7.51. The van der Waals surface area contributed by atoms with E-state index >= 15 is 0 Å². The number of amides is 4. The number of fused-ring (bicyclic) bond motifs is 1. The molecular formula is C14H19N6O3+. The molecule has 0 radical (unpaired) electrons. The second-order valence-electron chi connectivity index (χ2n) is 5.74. The first kappa shape index (κ1) is 15.5. The number of nitrogens with zero attached hydrogens (tertiary/aromatic N) is 5. The predicted octanol–water partition coefficient (Wildman–Crippen LogP) is -1.32. The van der Waals surface area contributed by atoms with Crippen LogP contribution in [0, 0.1) is 0 Å². The van der Waals surface area contributed by atoms with Crippen LogP contribution in [0.2, 0.25) is 0 Å². The van der Waals surface area contributed by atoms with Crippen LogP contribution >= 0.6 is 0 Å². The van der Waals surface area contributed by atoms with E-state index in [4.69, 9.17) is 0 Å². The third-order valence-electron chi connectivity index (χ3n) is 4.18. The Hall–Kier alpha value is -2.42. The van der Waals surface area contributed by atoms with Gasteiger partial charge in [-0.1, -0.05) is 0 Å². The minimum atomic E-state index is -0.736. The van der Waals surface area contributed by atoms with E-state index in [1.165, 1.54) is 22.9 Å². The molecular weight excluding hydrogens is 300 g/mol. The maximum atomic E-state index is 12.3. The van der Waals surface area contributed by atoms with E-state index in [9.17, 15) is 14.4 Å². The molecule has 122 valence electrons. The highest BCUT2D eigenvalue weighted by atomic mass is 16.2. The van der Waals surface area contributed by atoms with Gasteiger partial charge in [0.25, 0.3) is 30.0 Å². The zero-order valence-corrected chi connectivity index (χ0v) is 13.2. The Kier molecular flexibility index (Phi) is 4.03. The highest BCUT2D eigenvalue weighted by molar-refractivity contribution is 6.21. The van der Waals surface area contributed by atoms with Crippen LogP contribution in [0.3, 0.4) is 0 Å². The Morgan fingerprint density at radius 2 is 2.04 bits per heavy atom. The number of hydrogen-bond donors (Lipinski definition) is 1. The molecule has 0 aromatic carbocycles. The molecule has 4 amide bonds. The lowest BCUT2D eigenvalue weighted by Crippen LogP contribution is -2.61. The first-order valence-corrected chi connectivity index (χ1v) is 7.51. The third kappa shape index (κ3) is 2.79. The number of likely N-dealkylation sites (N-methyl/N-ethyl adjacent to an activating group) is 2. The van der Waals surface area contributed by atoms with Crippen LogP contribution in [0.4, 0.5) is 4.79 Å². The van der Waals surface area contributed by atoms with E-state index in [1.54, 1.807) is 7.05 Å². The van der Waals surface area contributed by atoms with Crippen molar-refractivity contribution >= 4 is 35.7 Å². The normalized spacial score (nSPS) is 24.4. The van der Waals surface area contributed by atoms with Crippen LogP contribution in [0.25, 0.3) is 0 Å². The van der Waals surface area contributed by atoms with Crippen molar-refractivity contribution in [3.05, 3.63) is 0 Å². The fourth-order valence-corrected chi connectivity index (χ4v) is 2.87. The van der Waals surface area contributed by atoms with Crippen molar-refractivity contribution in [1.29, 1.82) is 0 Å². The van der Waals surface area contributed by atoms with E-state index in [0.29, 0.717) is 5.84 Å². The van der Waals surface area contributed by atoms with Crippen molar-refractivity contribution in [1.82, 2.24) is 15.1 Å². The lowest BCUT2D eigenvalue weighted by atomic mass is 10.1. The zero-order chi connectivity index (χ0) is 16.6. The van der Waals surface area contributed by atoms with Gasteiger partial charge in [-0.15, -0.1) is 0 Å². The van der Waals surface area contributed by atoms with Gasteiger partial charge in [0, 0.05) is 32.9 Å². The van der Waals surface area contributed by atoms with Crippen LogP contribution < -0.4 is 5.32 Å². The third-order valence-corrected chi connectivity index (χ3v) is 4.18. The smallest absolute Gasteiger partial charge is 0.316 e. The summed E-state index contributed by atoms with van der Waals surface area (Å²) in [5, 5.41) is 3.20. The standard InChI is InChI=1S/C14H19N6O3/c1-18-12-11(13(22)19(2)14(18)23)20(8-16-12)7-10(21)17-9-3-5-15-6-4-9/h8,11,15H,3-7H2,1-2H3/q+1. The maximum absolute atomic E-state index is 12.3. The SMILES string of the molecule is CN1C(=O)C2C(=NC=[N+]2CC(=O)N=C2CCNCC2)N(C)C1=O. The van der Waals surface area contributed by atoms with Gasteiger partial charge in [-0.05, 0) is 17.8 Å². The Morgan fingerprint density at radius 1 is 1.35 bits per heavy atom. The van der Waals surface area contributed by atoms with Crippen LogP contribution in [-0.2, 0) is 9.59 Å². The molecule has 0 bridgehead atoms. The molecule has 3 heterocycles. The zero-order valence-electron chi connectivity index (χ0n) is 13.2. The molecule has 0 spiro atoms. The number of carbonyl (C=O) groups excluding carboxylic acids is 3. The summed E-state index contributed by atoms with van der Waals surface area (Å²) < 4.78 is 1.53. The molecule has 1 atom stereocenters. The highest BCUT2D eigenvalue weighted by Crippen LogP contribution is 2.16. The van der Waals surface area contributed by atoms with Gasteiger partial charge in [0.1, 0.15) is 0 Å². The molecule has 23 heavy (non-hydrogen) atoms. The molecule has 2 saturated heterocycles. The summed E-state index contributed by atoms with van der Waals surface area (Å²) in [7, 11) is 2.98. The van der Waals surface area contributed by atoms with E-state index < -0.39 is 12.1 Å². The van der Waals surface area contributed by atoms with Crippen molar-refractivity contribution in [3.8, 4) is 0 Å². The number of imide groups is 1. The number of aliphatic imine (C=N–C) groups is 2. The number of carbonyl (C=O) groups is 3. The lowest BCUT2D eigenvalue weighted by Gasteiger charge is -2.30. The van der Waals surface area contributed by atoms with Gasteiger partial charge in [0.2, 0.25) is 0 Å². The summed E-state index contributed by atoms with van der Waals surface area (Å²) in [5.74, 6) is -0.340.